The molecule has 1 saturated heterocycles. The van der Waals surface area contributed by atoms with E-state index in [0.29, 0.717) is 18.3 Å². The summed E-state index contributed by atoms with van der Waals surface area (Å²) in [6.45, 7) is 4.79. The normalized spacial score (nSPS) is 22.3. The summed E-state index contributed by atoms with van der Waals surface area (Å²) in [6.07, 6.45) is 1.54. The highest BCUT2D eigenvalue weighted by Gasteiger charge is 2.24. The minimum absolute atomic E-state index is 0.190. The minimum Gasteiger partial charge on any atom is -0.341 e. The summed E-state index contributed by atoms with van der Waals surface area (Å²) in [5, 5.41) is 3.34. The number of halogens is 1. The lowest BCUT2D eigenvalue weighted by Gasteiger charge is -2.15. The monoisotopic (exact) mass is 204 g/mol. The molecule has 1 aliphatic heterocycles. The van der Waals surface area contributed by atoms with Crippen molar-refractivity contribution in [2.45, 2.75) is 25.8 Å². The van der Waals surface area contributed by atoms with Crippen LogP contribution >= 0.6 is 11.6 Å². The molecular weight excluding hydrogens is 188 g/mol. The number of nitrogens with zero attached hydrogens (tertiary/aromatic N) is 1. The molecule has 76 valence electrons. The SMILES string of the molecule is CCNC1CCN(C(=O)CCCl)C1. The number of alkyl halides is 1. The average Bonchev–Trinajstić information content (AvgIpc) is 2.54. The number of hydrogen-bond acceptors (Lipinski definition) is 2. The van der Waals surface area contributed by atoms with Gasteiger partial charge in [-0.2, -0.15) is 0 Å². The maximum atomic E-state index is 11.4. The van der Waals surface area contributed by atoms with E-state index in [2.05, 4.69) is 12.2 Å². The predicted octanol–water partition coefficient (Wildman–Crippen LogP) is 0.826. The zero-order chi connectivity index (χ0) is 9.68. The number of carbonyl (C=O) groups excluding carboxylic acids is 1. The first-order valence-electron chi connectivity index (χ1n) is 4.85. The third-order valence-electron chi connectivity index (χ3n) is 2.34. The second-order valence-corrected chi connectivity index (χ2v) is 3.70. The summed E-state index contributed by atoms with van der Waals surface area (Å²) in [5.41, 5.74) is 0. The maximum absolute atomic E-state index is 11.4. The molecule has 13 heavy (non-hydrogen) atoms. The Kier molecular flexibility index (Phi) is 4.53. The van der Waals surface area contributed by atoms with E-state index < -0.39 is 0 Å². The molecule has 1 rings (SSSR count). The Morgan fingerprint density at radius 1 is 1.69 bits per heavy atom. The molecule has 1 fully saturated rings. The molecule has 1 N–H and O–H groups in total. The molecule has 4 heteroatoms. The molecule has 1 amide bonds. The third kappa shape index (κ3) is 3.16. The molecule has 0 aromatic rings. The molecule has 1 heterocycles. The van der Waals surface area contributed by atoms with E-state index in [0.717, 1.165) is 26.1 Å². The first-order chi connectivity index (χ1) is 6.27. The number of amides is 1. The molecule has 0 saturated carbocycles. The zero-order valence-corrected chi connectivity index (χ0v) is 8.81. The van der Waals surface area contributed by atoms with E-state index >= 15 is 0 Å². The predicted molar refractivity (Wildman–Crippen MR) is 54.0 cm³/mol. The molecule has 0 spiro atoms. The van der Waals surface area contributed by atoms with Gasteiger partial charge >= 0.3 is 0 Å². The number of carbonyl (C=O) groups is 1. The second-order valence-electron chi connectivity index (χ2n) is 3.32. The van der Waals surface area contributed by atoms with Crippen molar-refractivity contribution in [1.82, 2.24) is 10.2 Å². The zero-order valence-electron chi connectivity index (χ0n) is 8.05. The molecule has 0 aromatic heterocycles. The second kappa shape index (κ2) is 5.45. The van der Waals surface area contributed by atoms with Crippen molar-refractivity contribution in [3.8, 4) is 0 Å². The van der Waals surface area contributed by atoms with Crippen molar-refractivity contribution in [3.05, 3.63) is 0 Å². The van der Waals surface area contributed by atoms with Gasteiger partial charge in [0.15, 0.2) is 0 Å². The smallest absolute Gasteiger partial charge is 0.223 e. The maximum Gasteiger partial charge on any atom is 0.223 e. The molecule has 1 atom stereocenters. The van der Waals surface area contributed by atoms with Crippen LogP contribution in [-0.2, 0) is 4.79 Å². The van der Waals surface area contributed by atoms with E-state index in [1.807, 2.05) is 4.90 Å². The van der Waals surface area contributed by atoms with Gasteiger partial charge in [0.1, 0.15) is 0 Å². The van der Waals surface area contributed by atoms with Gasteiger partial charge in [0.2, 0.25) is 5.91 Å². The Labute approximate surface area is 84.4 Å². The van der Waals surface area contributed by atoms with Gasteiger partial charge in [0.05, 0.1) is 0 Å². The van der Waals surface area contributed by atoms with Crippen LogP contribution in [0.5, 0.6) is 0 Å². The quantitative estimate of drug-likeness (QED) is 0.688. The molecule has 0 aromatic carbocycles. The molecule has 0 bridgehead atoms. The van der Waals surface area contributed by atoms with Gasteiger partial charge in [-0.1, -0.05) is 6.92 Å². The van der Waals surface area contributed by atoms with Gasteiger partial charge in [0.25, 0.3) is 0 Å². The van der Waals surface area contributed by atoms with Gasteiger partial charge < -0.3 is 10.2 Å². The Morgan fingerprint density at radius 3 is 3.08 bits per heavy atom. The molecule has 1 unspecified atom stereocenters. The number of likely N-dealkylation sites (tertiary alicyclic amines) is 1. The topological polar surface area (TPSA) is 32.3 Å². The minimum atomic E-state index is 0.190. The van der Waals surface area contributed by atoms with E-state index in [4.69, 9.17) is 11.6 Å². The Balaban J connectivity index is 2.27. The fraction of sp³-hybridized carbons (Fsp3) is 0.889. The van der Waals surface area contributed by atoms with Crippen LogP contribution in [0.4, 0.5) is 0 Å². The number of likely N-dealkylation sites (N-methyl/N-ethyl adjacent to an activating group) is 1. The van der Waals surface area contributed by atoms with Crippen molar-refractivity contribution >= 4 is 17.5 Å². The number of nitrogens with one attached hydrogen (secondary N) is 1. The van der Waals surface area contributed by atoms with Crippen molar-refractivity contribution in [2.24, 2.45) is 0 Å². The Bertz CT molecular complexity index is 175. The van der Waals surface area contributed by atoms with E-state index in [1.165, 1.54) is 0 Å². The van der Waals surface area contributed by atoms with Gasteiger partial charge in [-0.3, -0.25) is 4.79 Å². The van der Waals surface area contributed by atoms with Crippen molar-refractivity contribution in [2.75, 3.05) is 25.5 Å². The van der Waals surface area contributed by atoms with E-state index in [-0.39, 0.29) is 5.91 Å². The highest BCUT2D eigenvalue weighted by Crippen LogP contribution is 2.10. The van der Waals surface area contributed by atoms with Gasteiger partial charge in [-0.25, -0.2) is 0 Å². The third-order valence-corrected chi connectivity index (χ3v) is 2.53. The van der Waals surface area contributed by atoms with Crippen molar-refractivity contribution in [1.29, 1.82) is 0 Å². The van der Waals surface area contributed by atoms with Gasteiger partial charge in [-0.15, -0.1) is 11.6 Å². The first-order valence-corrected chi connectivity index (χ1v) is 5.38. The Morgan fingerprint density at radius 2 is 2.46 bits per heavy atom. The average molecular weight is 205 g/mol. The lowest BCUT2D eigenvalue weighted by Crippen LogP contribution is -2.35. The molecular formula is C9H17ClN2O. The standard InChI is InChI=1S/C9H17ClN2O/c1-2-11-8-4-6-12(7-8)9(13)3-5-10/h8,11H,2-7H2,1H3. The summed E-state index contributed by atoms with van der Waals surface area (Å²) in [7, 11) is 0. The van der Waals surface area contributed by atoms with Crippen LogP contribution in [0, 0.1) is 0 Å². The van der Waals surface area contributed by atoms with Crippen molar-refractivity contribution in [3.63, 3.8) is 0 Å². The van der Waals surface area contributed by atoms with Crippen LogP contribution < -0.4 is 5.32 Å². The fourth-order valence-corrected chi connectivity index (χ4v) is 1.84. The van der Waals surface area contributed by atoms with E-state index in [1.54, 1.807) is 0 Å². The summed E-state index contributed by atoms with van der Waals surface area (Å²) in [5.74, 6) is 0.622. The molecule has 0 aliphatic carbocycles. The van der Waals surface area contributed by atoms with Crippen LogP contribution in [-0.4, -0.2) is 42.4 Å². The van der Waals surface area contributed by atoms with Crippen LogP contribution in [0.25, 0.3) is 0 Å². The van der Waals surface area contributed by atoms with Gasteiger partial charge in [-0.05, 0) is 13.0 Å². The molecule has 0 radical (unpaired) electrons. The summed E-state index contributed by atoms with van der Waals surface area (Å²) in [4.78, 5) is 13.3. The summed E-state index contributed by atoms with van der Waals surface area (Å²) < 4.78 is 0. The number of hydrogen-bond donors (Lipinski definition) is 1. The fourth-order valence-electron chi connectivity index (χ4n) is 1.68. The van der Waals surface area contributed by atoms with Crippen LogP contribution in [0.1, 0.15) is 19.8 Å². The lowest BCUT2D eigenvalue weighted by molar-refractivity contribution is -0.129. The molecule has 3 nitrogen and oxygen atoms in total. The van der Waals surface area contributed by atoms with Crippen LogP contribution in [0.2, 0.25) is 0 Å². The number of rotatable bonds is 4. The Hall–Kier alpha value is -0.280. The van der Waals surface area contributed by atoms with Crippen LogP contribution in [0.3, 0.4) is 0 Å². The first kappa shape index (κ1) is 10.8. The molecule has 1 aliphatic rings. The van der Waals surface area contributed by atoms with Crippen LogP contribution in [0.15, 0.2) is 0 Å². The largest absolute Gasteiger partial charge is 0.341 e. The summed E-state index contributed by atoms with van der Waals surface area (Å²) in [6, 6.07) is 0.490. The highest BCUT2D eigenvalue weighted by atomic mass is 35.5. The van der Waals surface area contributed by atoms with E-state index in [9.17, 15) is 4.79 Å². The lowest BCUT2D eigenvalue weighted by atomic mass is 10.3. The van der Waals surface area contributed by atoms with Crippen molar-refractivity contribution < 1.29 is 4.79 Å². The highest BCUT2D eigenvalue weighted by molar-refractivity contribution is 6.18. The summed E-state index contributed by atoms with van der Waals surface area (Å²) >= 11 is 5.51. The van der Waals surface area contributed by atoms with Gasteiger partial charge in [0, 0.05) is 31.4 Å².